The summed E-state index contributed by atoms with van der Waals surface area (Å²) in [5.74, 6) is 1.53. The molecule has 1 aliphatic heterocycles. The Morgan fingerprint density at radius 3 is 3.12 bits per heavy atom. The van der Waals surface area contributed by atoms with Crippen molar-refractivity contribution in [2.75, 3.05) is 13.6 Å². The maximum atomic E-state index is 11.6. The number of piperidine rings is 1. The van der Waals surface area contributed by atoms with Crippen molar-refractivity contribution in [1.29, 1.82) is 0 Å². The predicted octanol–water partition coefficient (Wildman–Crippen LogP) is 0.00170. The Morgan fingerprint density at radius 1 is 1.69 bits per heavy atom. The summed E-state index contributed by atoms with van der Waals surface area (Å²) in [4.78, 5) is 15.9. The van der Waals surface area contributed by atoms with Crippen LogP contribution in [0, 0.1) is 0 Å². The van der Waals surface area contributed by atoms with Crippen LogP contribution in [-0.2, 0) is 11.8 Å². The topological polar surface area (TPSA) is 59.0 Å². The van der Waals surface area contributed by atoms with Crippen molar-refractivity contribution >= 4 is 5.91 Å². The van der Waals surface area contributed by atoms with E-state index in [1.807, 2.05) is 24.0 Å². The van der Waals surface area contributed by atoms with Crippen LogP contribution in [0.1, 0.15) is 24.6 Å². The molecule has 0 saturated carbocycles. The number of hydrogen-bond donors (Lipinski definition) is 2. The molecule has 1 saturated heterocycles. The number of nitrogens with zero attached hydrogens (tertiary/aromatic N) is 2. The minimum Gasteiger partial charge on any atom is -0.358 e. The number of likely N-dealkylation sites (N-methyl/N-ethyl adjacent to an activating group) is 1. The van der Waals surface area contributed by atoms with Gasteiger partial charge in [0.15, 0.2) is 0 Å². The Kier molecular flexibility index (Phi) is 3.24. The molecule has 2 rings (SSSR count). The first-order chi connectivity index (χ1) is 7.72. The van der Waals surface area contributed by atoms with Crippen LogP contribution in [0.25, 0.3) is 0 Å². The Morgan fingerprint density at radius 2 is 2.50 bits per heavy atom. The third-order valence-corrected chi connectivity index (χ3v) is 3.19. The Balaban J connectivity index is 2.07. The van der Waals surface area contributed by atoms with Gasteiger partial charge in [-0.3, -0.25) is 4.79 Å². The number of hydrogen-bond acceptors (Lipinski definition) is 3. The summed E-state index contributed by atoms with van der Waals surface area (Å²) in [7, 11) is 3.67. The van der Waals surface area contributed by atoms with E-state index < -0.39 is 0 Å². The van der Waals surface area contributed by atoms with E-state index in [-0.39, 0.29) is 11.9 Å². The number of amides is 1. The van der Waals surface area contributed by atoms with Crippen molar-refractivity contribution in [1.82, 2.24) is 20.2 Å². The molecule has 2 unspecified atom stereocenters. The van der Waals surface area contributed by atoms with E-state index in [0.29, 0.717) is 5.92 Å². The lowest BCUT2D eigenvalue weighted by atomic mass is 9.91. The number of carbonyl (C=O) groups excluding carboxylic acids is 1. The van der Waals surface area contributed by atoms with Gasteiger partial charge in [-0.25, -0.2) is 4.98 Å². The standard InChI is InChI=1S/C11H18N4O/c1-12-11(16)9-7-8(3-4-13-9)10-14-5-6-15(10)2/h5-6,8-9,13H,3-4,7H2,1-2H3,(H,12,16). The highest BCUT2D eigenvalue weighted by Gasteiger charge is 2.28. The second kappa shape index (κ2) is 4.65. The molecule has 0 spiro atoms. The summed E-state index contributed by atoms with van der Waals surface area (Å²) in [6, 6.07) is -0.0829. The van der Waals surface area contributed by atoms with Gasteiger partial charge in [0.1, 0.15) is 5.82 Å². The Hall–Kier alpha value is -1.36. The van der Waals surface area contributed by atoms with Crippen LogP contribution in [0.4, 0.5) is 0 Å². The first kappa shape index (κ1) is 11.1. The number of carbonyl (C=O) groups is 1. The number of aryl methyl sites for hydroxylation is 1. The van der Waals surface area contributed by atoms with E-state index in [9.17, 15) is 4.79 Å². The van der Waals surface area contributed by atoms with E-state index in [4.69, 9.17) is 0 Å². The van der Waals surface area contributed by atoms with E-state index in [1.165, 1.54) is 0 Å². The first-order valence-electron chi connectivity index (χ1n) is 5.64. The van der Waals surface area contributed by atoms with Crippen LogP contribution in [0.5, 0.6) is 0 Å². The molecule has 1 aromatic heterocycles. The number of rotatable bonds is 2. The van der Waals surface area contributed by atoms with Crippen molar-refractivity contribution in [3.8, 4) is 0 Å². The first-order valence-corrected chi connectivity index (χ1v) is 5.64. The molecule has 2 atom stereocenters. The minimum atomic E-state index is -0.0829. The van der Waals surface area contributed by atoms with Gasteiger partial charge in [-0.05, 0) is 19.4 Å². The van der Waals surface area contributed by atoms with Crippen molar-refractivity contribution in [2.24, 2.45) is 7.05 Å². The molecule has 1 aromatic rings. The molecule has 16 heavy (non-hydrogen) atoms. The summed E-state index contributed by atoms with van der Waals surface area (Å²) < 4.78 is 2.04. The quantitative estimate of drug-likeness (QED) is 0.740. The van der Waals surface area contributed by atoms with Crippen molar-refractivity contribution in [3.05, 3.63) is 18.2 Å². The van der Waals surface area contributed by atoms with Crippen LogP contribution in [0.15, 0.2) is 12.4 Å². The molecule has 1 aliphatic rings. The van der Waals surface area contributed by atoms with Crippen LogP contribution in [-0.4, -0.2) is 35.1 Å². The average Bonchev–Trinajstić information content (AvgIpc) is 2.74. The van der Waals surface area contributed by atoms with Gasteiger partial charge in [0.25, 0.3) is 0 Å². The molecule has 0 bridgehead atoms. The molecular formula is C11H18N4O. The zero-order valence-corrected chi connectivity index (χ0v) is 9.73. The summed E-state index contributed by atoms with van der Waals surface area (Å²) >= 11 is 0. The molecule has 2 N–H and O–H groups in total. The molecule has 5 nitrogen and oxygen atoms in total. The monoisotopic (exact) mass is 222 g/mol. The maximum Gasteiger partial charge on any atom is 0.236 e. The van der Waals surface area contributed by atoms with Crippen LogP contribution < -0.4 is 10.6 Å². The Labute approximate surface area is 95.2 Å². The van der Waals surface area contributed by atoms with E-state index in [1.54, 1.807) is 7.05 Å². The highest BCUT2D eigenvalue weighted by molar-refractivity contribution is 5.81. The lowest BCUT2D eigenvalue weighted by Gasteiger charge is -2.28. The normalized spacial score (nSPS) is 25.4. The lowest BCUT2D eigenvalue weighted by Crippen LogP contribution is -2.47. The third kappa shape index (κ3) is 2.09. The molecule has 2 heterocycles. The summed E-state index contributed by atoms with van der Waals surface area (Å²) in [6.45, 7) is 0.871. The molecule has 0 aromatic carbocycles. The van der Waals surface area contributed by atoms with Gasteiger partial charge in [-0.1, -0.05) is 0 Å². The molecule has 1 fully saturated rings. The smallest absolute Gasteiger partial charge is 0.236 e. The van der Waals surface area contributed by atoms with E-state index in [2.05, 4.69) is 15.6 Å². The van der Waals surface area contributed by atoms with Crippen molar-refractivity contribution < 1.29 is 4.79 Å². The minimum absolute atomic E-state index is 0.0684. The van der Waals surface area contributed by atoms with Gasteiger partial charge in [-0.15, -0.1) is 0 Å². The fourth-order valence-electron chi connectivity index (χ4n) is 2.30. The van der Waals surface area contributed by atoms with Gasteiger partial charge in [0, 0.05) is 32.4 Å². The highest BCUT2D eigenvalue weighted by atomic mass is 16.2. The van der Waals surface area contributed by atoms with E-state index in [0.717, 1.165) is 25.2 Å². The summed E-state index contributed by atoms with van der Waals surface area (Å²) in [5.41, 5.74) is 0. The predicted molar refractivity (Wildman–Crippen MR) is 61.0 cm³/mol. The third-order valence-electron chi connectivity index (χ3n) is 3.19. The van der Waals surface area contributed by atoms with Gasteiger partial charge < -0.3 is 15.2 Å². The van der Waals surface area contributed by atoms with Gasteiger partial charge in [-0.2, -0.15) is 0 Å². The Bertz CT molecular complexity index is 374. The second-order valence-electron chi connectivity index (χ2n) is 4.24. The fraction of sp³-hybridized carbons (Fsp3) is 0.636. The molecule has 5 heteroatoms. The highest BCUT2D eigenvalue weighted by Crippen LogP contribution is 2.25. The van der Waals surface area contributed by atoms with Crippen molar-refractivity contribution in [2.45, 2.75) is 24.8 Å². The summed E-state index contributed by atoms with van der Waals surface area (Å²) in [6.07, 6.45) is 5.63. The van der Waals surface area contributed by atoms with Gasteiger partial charge in [0.05, 0.1) is 6.04 Å². The number of aromatic nitrogens is 2. The van der Waals surface area contributed by atoms with Gasteiger partial charge in [0.2, 0.25) is 5.91 Å². The van der Waals surface area contributed by atoms with Crippen LogP contribution >= 0.6 is 0 Å². The fourth-order valence-corrected chi connectivity index (χ4v) is 2.30. The van der Waals surface area contributed by atoms with Gasteiger partial charge >= 0.3 is 0 Å². The van der Waals surface area contributed by atoms with Crippen molar-refractivity contribution in [3.63, 3.8) is 0 Å². The molecule has 0 radical (unpaired) electrons. The summed E-state index contributed by atoms with van der Waals surface area (Å²) in [5, 5.41) is 5.92. The molecule has 1 amide bonds. The SMILES string of the molecule is CNC(=O)C1CC(c2nccn2C)CCN1. The van der Waals surface area contributed by atoms with Crippen LogP contribution in [0.3, 0.4) is 0 Å². The zero-order valence-electron chi connectivity index (χ0n) is 9.73. The second-order valence-corrected chi connectivity index (χ2v) is 4.24. The lowest BCUT2D eigenvalue weighted by molar-refractivity contribution is -0.123. The number of imidazole rings is 1. The van der Waals surface area contributed by atoms with Crippen LogP contribution in [0.2, 0.25) is 0 Å². The molecular weight excluding hydrogens is 204 g/mol. The number of nitrogens with one attached hydrogen (secondary N) is 2. The largest absolute Gasteiger partial charge is 0.358 e. The average molecular weight is 222 g/mol. The maximum absolute atomic E-state index is 11.6. The van der Waals surface area contributed by atoms with E-state index >= 15 is 0 Å². The molecule has 0 aliphatic carbocycles. The molecule has 88 valence electrons. The zero-order chi connectivity index (χ0) is 11.5.